The second-order valence-corrected chi connectivity index (χ2v) is 5.27. The quantitative estimate of drug-likeness (QED) is 0.796. The fraction of sp³-hybridized carbons (Fsp3) is 0.0714. The predicted molar refractivity (Wildman–Crippen MR) is 77.6 cm³/mol. The lowest BCUT2D eigenvalue weighted by atomic mass is 10.1. The van der Waals surface area contributed by atoms with Crippen LogP contribution in [0, 0.1) is 23.0 Å². The molecule has 0 radical (unpaired) electrons. The number of halogens is 4. The lowest BCUT2D eigenvalue weighted by Crippen LogP contribution is -2.06. The van der Waals surface area contributed by atoms with Crippen molar-refractivity contribution >= 4 is 33.2 Å². The summed E-state index contributed by atoms with van der Waals surface area (Å²) in [5, 5.41) is 12.2. The third-order valence-electron chi connectivity index (χ3n) is 2.70. The van der Waals surface area contributed by atoms with Gasteiger partial charge in [-0.2, -0.15) is 5.26 Å². The van der Waals surface area contributed by atoms with E-state index in [0.717, 1.165) is 0 Å². The standard InChI is InChI=1S/C14H8BrClF2N2/c15-11-3-4-12(17)10(14(11)18)7-20-13-5-9(16)2-1-8(13)6-19/h1-5,20H,7H2. The molecule has 0 amide bonds. The monoisotopic (exact) mass is 356 g/mol. The predicted octanol–water partition coefficient (Wildman–Crippen LogP) is 4.86. The Bertz CT molecular complexity index is 698. The molecule has 0 fully saturated rings. The van der Waals surface area contributed by atoms with Crippen LogP contribution in [0.5, 0.6) is 0 Å². The molecule has 0 aliphatic heterocycles. The highest BCUT2D eigenvalue weighted by Gasteiger charge is 2.13. The molecule has 2 aromatic rings. The normalized spacial score (nSPS) is 10.2. The summed E-state index contributed by atoms with van der Waals surface area (Å²) < 4.78 is 27.6. The lowest BCUT2D eigenvalue weighted by Gasteiger charge is -2.11. The first-order valence-electron chi connectivity index (χ1n) is 5.59. The first-order valence-corrected chi connectivity index (χ1v) is 6.76. The van der Waals surface area contributed by atoms with Crippen LogP contribution in [-0.2, 0) is 6.54 Å². The van der Waals surface area contributed by atoms with Gasteiger partial charge in [-0.1, -0.05) is 11.6 Å². The van der Waals surface area contributed by atoms with E-state index >= 15 is 0 Å². The smallest absolute Gasteiger partial charge is 0.145 e. The van der Waals surface area contributed by atoms with Gasteiger partial charge in [-0.3, -0.25) is 0 Å². The number of hydrogen-bond donors (Lipinski definition) is 1. The van der Waals surface area contributed by atoms with Crippen molar-refractivity contribution in [3.8, 4) is 6.07 Å². The van der Waals surface area contributed by atoms with Crippen molar-refractivity contribution in [2.75, 3.05) is 5.32 Å². The van der Waals surface area contributed by atoms with Crippen LogP contribution in [0.15, 0.2) is 34.8 Å². The second-order valence-electron chi connectivity index (χ2n) is 3.98. The van der Waals surface area contributed by atoms with Gasteiger partial charge in [0.2, 0.25) is 0 Å². The average molecular weight is 358 g/mol. The van der Waals surface area contributed by atoms with Crippen LogP contribution in [0.2, 0.25) is 5.02 Å². The van der Waals surface area contributed by atoms with Gasteiger partial charge in [0.1, 0.15) is 17.7 Å². The van der Waals surface area contributed by atoms with Gasteiger partial charge in [-0.25, -0.2) is 8.78 Å². The molecule has 0 heterocycles. The van der Waals surface area contributed by atoms with Crippen molar-refractivity contribution in [2.24, 2.45) is 0 Å². The summed E-state index contributed by atoms with van der Waals surface area (Å²) in [6.45, 7) is -0.0911. The Morgan fingerprint density at radius 2 is 2.00 bits per heavy atom. The minimum absolute atomic E-state index is 0.0911. The van der Waals surface area contributed by atoms with Crippen LogP contribution in [0.25, 0.3) is 0 Å². The fourth-order valence-corrected chi connectivity index (χ4v) is 2.22. The molecule has 0 atom stereocenters. The van der Waals surface area contributed by atoms with Gasteiger partial charge in [-0.05, 0) is 46.3 Å². The number of anilines is 1. The average Bonchev–Trinajstić information content (AvgIpc) is 2.43. The molecule has 0 aliphatic carbocycles. The van der Waals surface area contributed by atoms with Crippen LogP contribution in [-0.4, -0.2) is 0 Å². The van der Waals surface area contributed by atoms with E-state index in [4.69, 9.17) is 16.9 Å². The Hall–Kier alpha value is -1.64. The van der Waals surface area contributed by atoms with E-state index in [2.05, 4.69) is 21.2 Å². The summed E-state index contributed by atoms with van der Waals surface area (Å²) in [6, 6.07) is 9.11. The third-order valence-corrected chi connectivity index (χ3v) is 3.54. The Morgan fingerprint density at radius 1 is 1.25 bits per heavy atom. The van der Waals surface area contributed by atoms with E-state index in [1.54, 1.807) is 6.07 Å². The van der Waals surface area contributed by atoms with Crippen molar-refractivity contribution in [2.45, 2.75) is 6.54 Å². The molecule has 0 unspecified atom stereocenters. The Kier molecular flexibility index (Phi) is 4.58. The van der Waals surface area contributed by atoms with Crippen LogP contribution in [0.3, 0.4) is 0 Å². The summed E-state index contributed by atoms with van der Waals surface area (Å²) in [6.07, 6.45) is 0. The molecule has 102 valence electrons. The van der Waals surface area contributed by atoms with Crippen molar-refractivity contribution < 1.29 is 8.78 Å². The Morgan fingerprint density at radius 3 is 2.70 bits per heavy atom. The second kappa shape index (κ2) is 6.21. The van der Waals surface area contributed by atoms with Crippen LogP contribution >= 0.6 is 27.5 Å². The van der Waals surface area contributed by atoms with E-state index in [-0.39, 0.29) is 16.6 Å². The molecule has 0 aromatic heterocycles. The maximum atomic E-state index is 13.8. The Labute approximate surface area is 128 Å². The van der Waals surface area contributed by atoms with E-state index in [1.165, 1.54) is 24.3 Å². The van der Waals surface area contributed by atoms with E-state index in [1.807, 2.05) is 6.07 Å². The first-order chi connectivity index (χ1) is 9.52. The van der Waals surface area contributed by atoms with E-state index in [0.29, 0.717) is 16.3 Å². The minimum atomic E-state index is -0.668. The van der Waals surface area contributed by atoms with Gasteiger partial charge in [0.15, 0.2) is 0 Å². The number of rotatable bonds is 3. The first kappa shape index (κ1) is 14.8. The molecule has 0 saturated carbocycles. The van der Waals surface area contributed by atoms with Gasteiger partial charge < -0.3 is 5.32 Å². The Balaban J connectivity index is 2.28. The summed E-state index contributed by atoms with van der Waals surface area (Å²) >= 11 is 8.84. The lowest BCUT2D eigenvalue weighted by molar-refractivity contribution is 0.555. The van der Waals surface area contributed by atoms with Crippen molar-refractivity contribution in [3.05, 3.63) is 62.6 Å². The highest BCUT2D eigenvalue weighted by atomic mass is 79.9. The molecule has 2 nitrogen and oxygen atoms in total. The van der Waals surface area contributed by atoms with Crippen molar-refractivity contribution in [1.29, 1.82) is 5.26 Å². The van der Waals surface area contributed by atoms with Crippen molar-refractivity contribution in [1.82, 2.24) is 0 Å². The van der Waals surface area contributed by atoms with Gasteiger partial charge in [0.25, 0.3) is 0 Å². The van der Waals surface area contributed by atoms with Crippen LogP contribution < -0.4 is 5.32 Å². The summed E-state index contributed by atoms with van der Waals surface area (Å²) in [5.74, 6) is -1.32. The number of benzene rings is 2. The molecule has 2 rings (SSSR count). The maximum Gasteiger partial charge on any atom is 0.145 e. The number of nitriles is 1. The summed E-state index contributed by atoms with van der Waals surface area (Å²) in [7, 11) is 0. The zero-order chi connectivity index (χ0) is 14.7. The number of nitrogens with one attached hydrogen (secondary N) is 1. The molecular formula is C14H8BrClF2N2. The molecule has 0 aliphatic rings. The molecule has 6 heteroatoms. The highest BCUT2D eigenvalue weighted by molar-refractivity contribution is 9.10. The van der Waals surface area contributed by atoms with Crippen molar-refractivity contribution in [3.63, 3.8) is 0 Å². The zero-order valence-electron chi connectivity index (χ0n) is 10.1. The molecule has 0 saturated heterocycles. The number of nitrogens with zero attached hydrogens (tertiary/aromatic N) is 1. The minimum Gasteiger partial charge on any atom is -0.380 e. The van der Waals surface area contributed by atoms with E-state index < -0.39 is 11.6 Å². The van der Waals surface area contributed by atoms with Crippen LogP contribution in [0.1, 0.15) is 11.1 Å². The highest BCUT2D eigenvalue weighted by Crippen LogP contribution is 2.25. The topological polar surface area (TPSA) is 35.8 Å². The molecule has 20 heavy (non-hydrogen) atoms. The van der Waals surface area contributed by atoms with Crippen LogP contribution in [0.4, 0.5) is 14.5 Å². The SMILES string of the molecule is N#Cc1ccc(Cl)cc1NCc1c(F)ccc(Br)c1F. The largest absolute Gasteiger partial charge is 0.380 e. The van der Waals surface area contributed by atoms with Gasteiger partial charge in [0.05, 0.1) is 15.7 Å². The maximum absolute atomic E-state index is 13.8. The molecule has 0 spiro atoms. The molecule has 0 bridgehead atoms. The van der Waals surface area contributed by atoms with E-state index in [9.17, 15) is 8.78 Å². The van der Waals surface area contributed by atoms with Gasteiger partial charge in [-0.15, -0.1) is 0 Å². The fourth-order valence-electron chi connectivity index (χ4n) is 1.67. The third kappa shape index (κ3) is 3.09. The molecular weight excluding hydrogens is 350 g/mol. The zero-order valence-corrected chi connectivity index (χ0v) is 12.4. The summed E-state index contributed by atoms with van der Waals surface area (Å²) in [4.78, 5) is 0. The number of hydrogen-bond acceptors (Lipinski definition) is 2. The van der Waals surface area contributed by atoms with Gasteiger partial charge in [0, 0.05) is 17.1 Å². The molecule has 1 N–H and O–H groups in total. The summed E-state index contributed by atoms with van der Waals surface area (Å²) in [5.41, 5.74) is 0.673. The van der Waals surface area contributed by atoms with Gasteiger partial charge >= 0.3 is 0 Å². The molecule has 2 aromatic carbocycles.